The Morgan fingerprint density at radius 3 is 2.65 bits per heavy atom. The summed E-state index contributed by atoms with van der Waals surface area (Å²) in [6.07, 6.45) is 0.626. The molecular formula is C24H28ClN3O3. The van der Waals surface area contributed by atoms with E-state index in [2.05, 4.69) is 4.57 Å². The van der Waals surface area contributed by atoms with Gasteiger partial charge >= 0.3 is 6.09 Å². The molecule has 3 aromatic rings. The highest BCUT2D eigenvalue weighted by Gasteiger charge is 2.30. The number of imidazole rings is 1. The summed E-state index contributed by atoms with van der Waals surface area (Å²) in [5, 5.41) is 0.714. The molecule has 31 heavy (non-hydrogen) atoms. The molecule has 0 radical (unpaired) electrons. The normalized spacial score (nSPS) is 16.6. The van der Waals surface area contributed by atoms with Crippen LogP contribution in [0.4, 0.5) is 4.79 Å². The van der Waals surface area contributed by atoms with E-state index in [4.69, 9.17) is 26.1 Å². The molecule has 1 aliphatic rings. The van der Waals surface area contributed by atoms with Gasteiger partial charge in [-0.2, -0.15) is 4.98 Å². The molecule has 0 aliphatic carbocycles. The molecule has 2 heterocycles. The lowest BCUT2D eigenvalue weighted by atomic mass is 10.1. The first-order chi connectivity index (χ1) is 14.8. The van der Waals surface area contributed by atoms with Gasteiger partial charge in [0.1, 0.15) is 5.60 Å². The molecule has 4 rings (SSSR count). The number of nitrogens with zero attached hydrogens (tertiary/aromatic N) is 3. The largest absolute Gasteiger partial charge is 0.464 e. The highest BCUT2D eigenvalue weighted by atomic mass is 35.5. The molecule has 164 valence electrons. The Labute approximate surface area is 187 Å². The van der Waals surface area contributed by atoms with Gasteiger partial charge in [-0.15, -0.1) is 0 Å². The van der Waals surface area contributed by atoms with E-state index in [0.717, 1.165) is 23.0 Å². The summed E-state index contributed by atoms with van der Waals surface area (Å²) in [4.78, 5) is 18.8. The zero-order valence-corrected chi connectivity index (χ0v) is 18.9. The zero-order valence-electron chi connectivity index (χ0n) is 18.2. The molecule has 0 bridgehead atoms. The molecule has 0 spiro atoms. The second-order valence-electron chi connectivity index (χ2n) is 8.99. The van der Waals surface area contributed by atoms with Crippen molar-refractivity contribution in [1.29, 1.82) is 0 Å². The Kier molecular flexibility index (Phi) is 6.10. The minimum atomic E-state index is -0.488. The van der Waals surface area contributed by atoms with Gasteiger partial charge in [-0.25, -0.2) is 4.79 Å². The fraction of sp³-hybridized carbons (Fsp3) is 0.417. The Balaban J connectivity index is 1.45. The number of para-hydroxylation sites is 2. The smallest absolute Gasteiger partial charge is 0.410 e. The number of hydrogen-bond acceptors (Lipinski definition) is 4. The van der Waals surface area contributed by atoms with Crippen molar-refractivity contribution in [3.05, 3.63) is 59.1 Å². The van der Waals surface area contributed by atoms with Gasteiger partial charge in [0.2, 0.25) is 0 Å². The molecule has 7 heteroatoms. The number of likely N-dealkylation sites (tertiary alicyclic amines) is 1. The van der Waals surface area contributed by atoms with Crippen LogP contribution in [0.3, 0.4) is 0 Å². The van der Waals surface area contributed by atoms with Gasteiger partial charge in [0, 0.05) is 24.0 Å². The van der Waals surface area contributed by atoms with Crippen LogP contribution in [0.15, 0.2) is 48.5 Å². The van der Waals surface area contributed by atoms with E-state index < -0.39 is 5.60 Å². The lowest BCUT2D eigenvalue weighted by Crippen LogP contribution is -2.35. The maximum atomic E-state index is 12.3. The average molecular weight is 442 g/mol. The average Bonchev–Trinajstić information content (AvgIpc) is 3.32. The summed E-state index contributed by atoms with van der Waals surface area (Å²) in [6, 6.07) is 16.4. The third-order valence-corrected chi connectivity index (χ3v) is 5.51. The highest BCUT2D eigenvalue weighted by Crippen LogP contribution is 2.25. The van der Waals surface area contributed by atoms with Crippen LogP contribution in [0, 0.1) is 5.92 Å². The second-order valence-corrected chi connectivity index (χ2v) is 9.42. The molecule has 0 saturated carbocycles. The highest BCUT2D eigenvalue weighted by molar-refractivity contribution is 6.30. The van der Waals surface area contributed by atoms with Crippen LogP contribution in [0.1, 0.15) is 32.8 Å². The Morgan fingerprint density at radius 2 is 1.90 bits per heavy atom. The molecule has 1 amide bonds. The topological polar surface area (TPSA) is 56.6 Å². The monoisotopic (exact) mass is 441 g/mol. The van der Waals surface area contributed by atoms with Crippen molar-refractivity contribution in [1.82, 2.24) is 14.5 Å². The van der Waals surface area contributed by atoms with Crippen LogP contribution in [0.2, 0.25) is 5.02 Å². The van der Waals surface area contributed by atoms with Gasteiger partial charge in [0.05, 0.1) is 24.2 Å². The number of rotatable bonds is 5. The molecule has 1 saturated heterocycles. The molecule has 1 fully saturated rings. The van der Waals surface area contributed by atoms with Gasteiger partial charge in [-0.3, -0.25) is 4.57 Å². The molecule has 1 aromatic heterocycles. The standard InChI is InChI=1S/C24H28ClN3O3/c1-24(2,3)31-23(29)27-13-12-18(14-27)16-30-22-26-20-6-4-5-7-21(20)28(22)15-17-8-10-19(25)11-9-17/h4-11,18H,12-16H2,1-3H3/t18-/m1/s1. The zero-order chi connectivity index (χ0) is 22.0. The molecular weight excluding hydrogens is 414 g/mol. The van der Waals surface area contributed by atoms with Crippen LogP contribution in [0.25, 0.3) is 11.0 Å². The van der Waals surface area contributed by atoms with E-state index in [1.165, 1.54) is 0 Å². The van der Waals surface area contributed by atoms with Crippen LogP contribution >= 0.6 is 11.6 Å². The summed E-state index contributed by atoms with van der Waals surface area (Å²) in [5.41, 5.74) is 2.55. The second kappa shape index (κ2) is 8.79. The maximum Gasteiger partial charge on any atom is 0.410 e. The van der Waals surface area contributed by atoms with Gasteiger partial charge < -0.3 is 14.4 Å². The SMILES string of the molecule is CC(C)(C)OC(=O)N1CC[C@@H](COc2nc3ccccc3n2Cc2ccc(Cl)cc2)C1. The van der Waals surface area contributed by atoms with E-state index in [9.17, 15) is 4.79 Å². The number of halogens is 1. The Hall–Kier alpha value is -2.73. The van der Waals surface area contributed by atoms with E-state index in [1.54, 1.807) is 4.90 Å². The first-order valence-electron chi connectivity index (χ1n) is 10.6. The molecule has 6 nitrogen and oxygen atoms in total. The van der Waals surface area contributed by atoms with E-state index in [0.29, 0.717) is 37.3 Å². The van der Waals surface area contributed by atoms with Crippen LogP contribution in [-0.2, 0) is 11.3 Å². The molecule has 1 aliphatic heterocycles. The first kappa shape index (κ1) is 21.5. The summed E-state index contributed by atoms with van der Waals surface area (Å²) in [5.74, 6) is 0.247. The fourth-order valence-corrected chi connectivity index (χ4v) is 3.87. The third kappa shape index (κ3) is 5.31. The van der Waals surface area contributed by atoms with Crippen LogP contribution in [0.5, 0.6) is 6.01 Å². The summed E-state index contributed by atoms with van der Waals surface area (Å²) < 4.78 is 13.7. The van der Waals surface area contributed by atoms with E-state index in [1.807, 2.05) is 69.3 Å². The van der Waals surface area contributed by atoms with Crippen molar-refractivity contribution in [3.8, 4) is 6.01 Å². The van der Waals surface area contributed by atoms with Crippen LogP contribution < -0.4 is 4.74 Å². The molecule has 1 atom stereocenters. The van der Waals surface area contributed by atoms with Gasteiger partial charge in [-0.05, 0) is 57.0 Å². The number of amides is 1. The lowest BCUT2D eigenvalue weighted by molar-refractivity contribution is 0.0284. The maximum absolute atomic E-state index is 12.3. The van der Waals surface area contributed by atoms with Crippen molar-refractivity contribution in [2.45, 2.75) is 39.3 Å². The molecule has 0 unspecified atom stereocenters. The van der Waals surface area contributed by atoms with E-state index >= 15 is 0 Å². The number of aromatic nitrogens is 2. The number of hydrogen-bond donors (Lipinski definition) is 0. The van der Waals surface area contributed by atoms with Crippen molar-refractivity contribution in [2.24, 2.45) is 5.92 Å². The minimum Gasteiger partial charge on any atom is -0.464 e. The fourth-order valence-electron chi connectivity index (χ4n) is 3.74. The van der Waals surface area contributed by atoms with Crippen LogP contribution in [-0.4, -0.2) is 45.8 Å². The van der Waals surface area contributed by atoms with Crippen molar-refractivity contribution < 1.29 is 14.3 Å². The summed E-state index contributed by atoms with van der Waals surface area (Å²) in [7, 11) is 0. The predicted octanol–water partition coefficient (Wildman–Crippen LogP) is 5.37. The number of ether oxygens (including phenoxy) is 2. The summed E-state index contributed by atoms with van der Waals surface area (Å²) >= 11 is 6.03. The van der Waals surface area contributed by atoms with Crippen molar-refractivity contribution in [2.75, 3.05) is 19.7 Å². The van der Waals surface area contributed by atoms with Gasteiger partial charge in [0.25, 0.3) is 6.01 Å². The van der Waals surface area contributed by atoms with Gasteiger partial charge in [0.15, 0.2) is 0 Å². The first-order valence-corrected chi connectivity index (χ1v) is 11.0. The Morgan fingerprint density at radius 1 is 1.16 bits per heavy atom. The number of fused-ring (bicyclic) bond motifs is 1. The third-order valence-electron chi connectivity index (χ3n) is 5.26. The van der Waals surface area contributed by atoms with Gasteiger partial charge in [-0.1, -0.05) is 35.9 Å². The number of benzene rings is 2. The predicted molar refractivity (Wildman–Crippen MR) is 122 cm³/mol. The van der Waals surface area contributed by atoms with Crippen molar-refractivity contribution in [3.63, 3.8) is 0 Å². The van der Waals surface area contributed by atoms with Crippen molar-refractivity contribution >= 4 is 28.7 Å². The quantitative estimate of drug-likeness (QED) is 0.533. The molecule has 0 N–H and O–H groups in total. The summed E-state index contributed by atoms with van der Waals surface area (Å²) in [6.45, 7) is 8.10. The Bertz CT molecular complexity index is 1060. The molecule has 2 aromatic carbocycles. The lowest BCUT2D eigenvalue weighted by Gasteiger charge is -2.24. The minimum absolute atomic E-state index is 0.247. The number of carbonyl (C=O) groups is 1. The van der Waals surface area contributed by atoms with E-state index in [-0.39, 0.29) is 12.0 Å². The number of carbonyl (C=O) groups excluding carboxylic acids is 1.